The molecule has 0 aromatic rings. The quantitative estimate of drug-likeness (QED) is 0.609. The summed E-state index contributed by atoms with van der Waals surface area (Å²) in [6, 6.07) is -0.251. The first-order chi connectivity index (χ1) is 8.99. The Morgan fingerprint density at radius 1 is 1.26 bits per heavy atom. The van der Waals surface area contributed by atoms with E-state index in [0.29, 0.717) is 19.0 Å². The zero-order valence-corrected chi connectivity index (χ0v) is 11.9. The van der Waals surface area contributed by atoms with Crippen molar-refractivity contribution in [2.75, 3.05) is 40.3 Å². The molecule has 2 amide bonds. The minimum atomic E-state index is -0.955. The standard InChI is InChI=1S/C13H25N3O3/c1-15(2)8-4-3-7-14-13(19)16(10-12(17)18)9-11-5-6-11/h11H,3-10H2,1-2H3,(H,14,19)(H,17,18). The molecule has 110 valence electrons. The Bertz CT molecular complexity index is 304. The third kappa shape index (κ3) is 7.66. The van der Waals surface area contributed by atoms with E-state index in [9.17, 15) is 9.59 Å². The molecule has 0 radical (unpaired) electrons. The lowest BCUT2D eigenvalue weighted by atomic mass is 10.3. The summed E-state index contributed by atoms with van der Waals surface area (Å²) in [4.78, 5) is 26.1. The molecule has 0 unspecified atom stereocenters. The van der Waals surface area contributed by atoms with Crippen LogP contribution in [0.4, 0.5) is 4.79 Å². The number of urea groups is 1. The van der Waals surface area contributed by atoms with E-state index >= 15 is 0 Å². The normalized spacial score (nSPS) is 14.5. The number of aliphatic carboxylic acids is 1. The van der Waals surface area contributed by atoms with Crippen LogP contribution in [-0.2, 0) is 4.79 Å². The van der Waals surface area contributed by atoms with Gasteiger partial charge in [0.1, 0.15) is 6.54 Å². The number of nitrogens with one attached hydrogen (secondary N) is 1. The number of carbonyl (C=O) groups excluding carboxylic acids is 1. The van der Waals surface area contributed by atoms with Gasteiger partial charge >= 0.3 is 12.0 Å². The summed E-state index contributed by atoms with van der Waals surface area (Å²) in [5.41, 5.74) is 0. The van der Waals surface area contributed by atoms with E-state index in [1.54, 1.807) is 0 Å². The Labute approximate surface area is 114 Å². The molecule has 0 aliphatic heterocycles. The Kier molecular flexibility index (Phi) is 6.62. The minimum absolute atomic E-state index is 0.208. The van der Waals surface area contributed by atoms with E-state index in [1.165, 1.54) is 4.90 Å². The van der Waals surface area contributed by atoms with E-state index in [-0.39, 0.29) is 12.6 Å². The number of carboxylic acids is 1. The molecule has 1 saturated carbocycles. The molecule has 0 aromatic heterocycles. The number of rotatable bonds is 9. The van der Waals surface area contributed by atoms with E-state index < -0.39 is 5.97 Å². The molecule has 0 spiro atoms. The predicted octanol–water partition coefficient (Wildman–Crippen LogP) is 0.834. The van der Waals surface area contributed by atoms with Crippen molar-refractivity contribution in [3.8, 4) is 0 Å². The van der Waals surface area contributed by atoms with Gasteiger partial charge in [0.05, 0.1) is 0 Å². The van der Waals surface area contributed by atoms with E-state index in [1.807, 2.05) is 14.1 Å². The van der Waals surface area contributed by atoms with Gasteiger partial charge in [0.25, 0.3) is 0 Å². The Balaban J connectivity index is 2.20. The lowest BCUT2D eigenvalue weighted by Gasteiger charge is -2.21. The Morgan fingerprint density at radius 3 is 2.47 bits per heavy atom. The first kappa shape index (κ1) is 15.8. The van der Waals surface area contributed by atoms with Gasteiger partial charge in [-0.2, -0.15) is 0 Å². The van der Waals surface area contributed by atoms with E-state index in [0.717, 1.165) is 32.2 Å². The van der Waals surface area contributed by atoms with Gasteiger partial charge in [0, 0.05) is 13.1 Å². The maximum absolute atomic E-state index is 11.9. The number of amides is 2. The largest absolute Gasteiger partial charge is 0.480 e. The van der Waals surface area contributed by atoms with Gasteiger partial charge in [0.2, 0.25) is 0 Å². The fourth-order valence-corrected chi connectivity index (χ4v) is 1.85. The fraction of sp³-hybridized carbons (Fsp3) is 0.846. The number of unbranched alkanes of at least 4 members (excludes halogenated alkanes) is 1. The number of hydrogen-bond donors (Lipinski definition) is 2. The zero-order valence-electron chi connectivity index (χ0n) is 11.9. The van der Waals surface area contributed by atoms with Gasteiger partial charge < -0.3 is 20.2 Å². The summed E-state index contributed by atoms with van der Waals surface area (Å²) in [6.45, 7) is 1.96. The highest BCUT2D eigenvalue weighted by molar-refractivity contribution is 5.80. The first-order valence-corrected chi connectivity index (χ1v) is 6.88. The molecule has 6 heteroatoms. The molecule has 1 aliphatic carbocycles. The molecule has 1 fully saturated rings. The molecule has 0 atom stereocenters. The van der Waals surface area contributed by atoms with Gasteiger partial charge in [0.15, 0.2) is 0 Å². The predicted molar refractivity (Wildman–Crippen MR) is 73.1 cm³/mol. The number of carbonyl (C=O) groups is 2. The highest BCUT2D eigenvalue weighted by Crippen LogP contribution is 2.29. The average molecular weight is 271 g/mol. The first-order valence-electron chi connectivity index (χ1n) is 6.88. The van der Waals surface area contributed by atoms with Crippen molar-refractivity contribution in [2.24, 2.45) is 5.92 Å². The molecular formula is C13H25N3O3. The van der Waals surface area contributed by atoms with Crippen LogP contribution in [0.2, 0.25) is 0 Å². The van der Waals surface area contributed by atoms with Gasteiger partial charge in [-0.25, -0.2) is 4.79 Å². The zero-order chi connectivity index (χ0) is 14.3. The molecule has 0 heterocycles. The Morgan fingerprint density at radius 2 is 1.95 bits per heavy atom. The summed E-state index contributed by atoms with van der Waals surface area (Å²) in [7, 11) is 4.03. The fourth-order valence-electron chi connectivity index (χ4n) is 1.85. The lowest BCUT2D eigenvalue weighted by Crippen LogP contribution is -2.44. The van der Waals surface area contributed by atoms with E-state index in [4.69, 9.17) is 5.11 Å². The maximum Gasteiger partial charge on any atom is 0.323 e. The monoisotopic (exact) mass is 271 g/mol. The van der Waals surface area contributed by atoms with Crippen molar-refractivity contribution < 1.29 is 14.7 Å². The van der Waals surface area contributed by atoms with Crippen LogP contribution in [0, 0.1) is 5.92 Å². The Hall–Kier alpha value is -1.30. The summed E-state index contributed by atoms with van der Waals surface area (Å²) < 4.78 is 0. The molecular weight excluding hydrogens is 246 g/mol. The highest BCUT2D eigenvalue weighted by Gasteiger charge is 2.27. The summed E-state index contributed by atoms with van der Waals surface area (Å²) >= 11 is 0. The average Bonchev–Trinajstić information content (AvgIpc) is 3.10. The SMILES string of the molecule is CN(C)CCCCNC(=O)N(CC(=O)O)CC1CC1. The summed E-state index contributed by atoms with van der Waals surface area (Å²) in [6.07, 6.45) is 4.14. The molecule has 19 heavy (non-hydrogen) atoms. The van der Waals surface area contributed by atoms with Crippen molar-refractivity contribution in [3.05, 3.63) is 0 Å². The van der Waals surface area contributed by atoms with Gasteiger partial charge in [-0.15, -0.1) is 0 Å². The van der Waals surface area contributed by atoms with Crippen LogP contribution in [-0.4, -0.2) is 67.2 Å². The smallest absolute Gasteiger partial charge is 0.323 e. The summed E-state index contributed by atoms with van der Waals surface area (Å²) in [5, 5.41) is 11.6. The van der Waals surface area contributed by atoms with Crippen LogP contribution in [0.5, 0.6) is 0 Å². The van der Waals surface area contributed by atoms with Gasteiger partial charge in [-0.3, -0.25) is 4.79 Å². The van der Waals surface area contributed by atoms with Crippen molar-refractivity contribution >= 4 is 12.0 Å². The van der Waals surface area contributed by atoms with Crippen LogP contribution in [0.1, 0.15) is 25.7 Å². The minimum Gasteiger partial charge on any atom is -0.480 e. The van der Waals surface area contributed by atoms with Gasteiger partial charge in [-0.05, 0) is 52.2 Å². The second-order valence-corrected chi connectivity index (χ2v) is 5.46. The lowest BCUT2D eigenvalue weighted by molar-refractivity contribution is -0.137. The topological polar surface area (TPSA) is 72.9 Å². The number of nitrogens with zero attached hydrogens (tertiary/aromatic N) is 2. The molecule has 2 N–H and O–H groups in total. The van der Waals surface area contributed by atoms with Crippen molar-refractivity contribution in [3.63, 3.8) is 0 Å². The van der Waals surface area contributed by atoms with E-state index in [2.05, 4.69) is 10.2 Å². The molecule has 1 aliphatic rings. The number of carboxylic acid groups (broad SMARTS) is 1. The third-order valence-electron chi connectivity index (χ3n) is 3.10. The number of hydrogen-bond acceptors (Lipinski definition) is 3. The van der Waals surface area contributed by atoms with Crippen LogP contribution in [0.25, 0.3) is 0 Å². The second-order valence-electron chi connectivity index (χ2n) is 5.46. The third-order valence-corrected chi connectivity index (χ3v) is 3.10. The van der Waals surface area contributed by atoms with Crippen molar-refractivity contribution in [1.29, 1.82) is 0 Å². The summed E-state index contributed by atoms with van der Waals surface area (Å²) in [5.74, 6) is -0.456. The highest BCUT2D eigenvalue weighted by atomic mass is 16.4. The molecule has 0 aromatic carbocycles. The second kappa shape index (κ2) is 7.99. The van der Waals surface area contributed by atoms with Crippen LogP contribution >= 0.6 is 0 Å². The molecule has 6 nitrogen and oxygen atoms in total. The molecule has 0 saturated heterocycles. The van der Waals surface area contributed by atoms with Crippen LogP contribution < -0.4 is 5.32 Å². The van der Waals surface area contributed by atoms with Gasteiger partial charge in [-0.1, -0.05) is 0 Å². The molecule has 1 rings (SSSR count). The van der Waals surface area contributed by atoms with Crippen LogP contribution in [0.15, 0.2) is 0 Å². The maximum atomic E-state index is 11.9. The van der Waals surface area contributed by atoms with Crippen molar-refractivity contribution in [2.45, 2.75) is 25.7 Å². The van der Waals surface area contributed by atoms with Crippen molar-refractivity contribution in [1.82, 2.24) is 15.1 Å². The van der Waals surface area contributed by atoms with Crippen LogP contribution in [0.3, 0.4) is 0 Å². The molecule has 0 bridgehead atoms.